The zero-order chi connectivity index (χ0) is 13.5. The number of hydrogen-bond acceptors (Lipinski definition) is 2. The third-order valence-electron chi connectivity index (χ3n) is 3.93. The summed E-state index contributed by atoms with van der Waals surface area (Å²) in [6, 6.07) is 7.43. The Morgan fingerprint density at radius 3 is 2.32 bits per heavy atom. The van der Waals surface area contributed by atoms with Gasteiger partial charge < -0.3 is 9.64 Å². The summed E-state index contributed by atoms with van der Waals surface area (Å²) in [6.07, 6.45) is 5.99. The molecule has 0 saturated carbocycles. The minimum Gasteiger partial charge on any atom is -0.497 e. The van der Waals surface area contributed by atoms with Gasteiger partial charge >= 0.3 is 0 Å². The Labute approximate surface area is 115 Å². The van der Waals surface area contributed by atoms with Gasteiger partial charge in [-0.25, -0.2) is 0 Å². The van der Waals surface area contributed by atoms with Gasteiger partial charge in [0.25, 0.3) is 0 Å². The van der Waals surface area contributed by atoms with Gasteiger partial charge in [0, 0.05) is 5.56 Å². The number of hydrogen-bond donors (Lipinski definition) is 1. The van der Waals surface area contributed by atoms with Crippen LogP contribution < -0.4 is 9.64 Å². The van der Waals surface area contributed by atoms with Gasteiger partial charge in [-0.15, -0.1) is 0 Å². The number of likely N-dealkylation sites (tertiary alicyclic amines) is 1. The number of carbonyl (C=O) groups is 1. The first-order valence-electron chi connectivity index (χ1n) is 7.30. The lowest BCUT2D eigenvalue weighted by molar-refractivity contribution is -0.898. The summed E-state index contributed by atoms with van der Waals surface area (Å²) in [7, 11) is 1.64. The van der Waals surface area contributed by atoms with Crippen LogP contribution in [0, 0.1) is 0 Å². The summed E-state index contributed by atoms with van der Waals surface area (Å²) < 4.78 is 5.10. The number of nitrogens with one attached hydrogen (secondary N) is 1. The molecule has 1 fully saturated rings. The lowest BCUT2D eigenvalue weighted by atomic mass is 10.1. The maximum Gasteiger partial charge on any atom is 0.168 e. The molecule has 3 heteroatoms. The van der Waals surface area contributed by atoms with E-state index in [1.54, 1.807) is 12.0 Å². The molecule has 0 unspecified atom stereocenters. The molecule has 0 bridgehead atoms. The van der Waals surface area contributed by atoms with Gasteiger partial charge in [0.15, 0.2) is 5.78 Å². The quantitative estimate of drug-likeness (QED) is 0.819. The molecule has 1 saturated heterocycles. The number of methoxy groups -OCH3 is 1. The van der Waals surface area contributed by atoms with Crippen molar-refractivity contribution in [1.29, 1.82) is 0 Å². The normalized spacial score (nSPS) is 16.9. The van der Waals surface area contributed by atoms with E-state index >= 15 is 0 Å². The van der Waals surface area contributed by atoms with E-state index in [-0.39, 0.29) is 5.78 Å². The molecule has 0 atom stereocenters. The molecule has 19 heavy (non-hydrogen) atoms. The molecule has 0 amide bonds. The molecule has 1 heterocycles. The first-order valence-corrected chi connectivity index (χ1v) is 7.30. The predicted octanol–water partition coefficient (Wildman–Crippen LogP) is 1.73. The Morgan fingerprint density at radius 1 is 1.11 bits per heavy atom. The molecule has 3 nitrogen and oxygen atoms in total. The minimum atomic E-state index is 0.249. The smallest absolute Gasteiger partial charge is 0.168 e. The van der Waals surface area contributed by atoms with E-state index in [1.807, 2.05) is 24.3 Å². The molecule has 0 aliphatic carbocycles. The van der Waals surface area contributed by atoms with Crippen LogP contribution in [0.1, 0.15) is 42.5 Å². The van der Waals surface area contributed by atoms with Gasteiger partial charge in [-0.1, -0.05) is 0 Å². The van der Waals surface area contributed by atoms with E-state index in [2.05, 4.69) is 0 Å². The van der Waals surface area contributed by atoms with Gasteiger partial charge in [0.2, 0.25) is 0 Å². The largest absolute Gasteiger partial charge is 0.497 e. The summed E-state index contributed by atoms with van der Waals surface area (Å²) in [6.45, 7) is 3.44. The number of quaternary nitrogens is 1. The molecule has 0 aromatic heterocycles. The lowest BCUT2D eigenvalue weighted by Crippen LogP contribution is -3.11. The number of carbonyl (C=O) groups excluding carboxylic acids is 1. The van der Waals surface area contributed by atoms with Crippen LogP contribution in [0.25, 0.3) is 0 Å². The summed E-state index contributed by atoms with van der Waals surface area (Å²) in [5.74, 6) is 1.05. The maximum absolute atomic E-state index is 12.1. The number of ketones is 1. The van der Waals surface area contributed by atoms with Crippen LogP contribution in [0.2, 0.25) is 0 Å². The molecule has 1 aromatic carbocycles. The zero-order valence-corrected chi connectivity index (χ0v) is 11.8. The van der Waals surface area contributed by atoms with Crippen LogP contribution in [-0.2, 0) is 0 Å². The summed E-state index contributed by atoms with van der Waals surface area (Å²) in [4.78, 5) is 13.7. The zero-order valence-electron chi connectivity index (χ0n) is 11.8. The molecule has 1 aliphatic rings. The van der Waals surface area contributed by atoms with Crippen LogP contribution in [0.4, 0.5) is 0 Å². The standard InChI is InChI=1S/C16H23NO2/c1-19-15-8-6-14(7-9-15)16(18)10-13-17-11-4-2-3-5-12-17/h6-9H,2-5,10-13H2,1H3/p+1. The Balaban J connectivity index is 1.82. The average Bonchev–Trinajstić information content (AvgIpc) is 2.73. The second kappa shape index (κ2) is 7.29. The molecule has 0 spiro atoms. The van der Waals surface area contributed by atoms with Crippen LogP contribution in [0.15, 0.2) is 24.3 Å². The van der Waals surface area contributed by atoms with Gasteiger partial charge in [-0.05, 0) is 49.9 Å². The third kappa shape index (κ3) is 4.35. The van der Waals surface area contributed by atoms with E-state index in [9.17, 15) is 4.79 Å². The van der Waals surface area contributed by atoms with Crippen LogP contribution in [0.3, 0.4) is 0 Å². The second-order valence-corrected chi connectivity index (χ2v) is 5.32. The summed E-state index contributed by atoms with van der Waals surface area (Å²) >= 11 is 0. The van der Waals surface area contributed by atoms with Gasteiger partial charge in [0.05, 0.1) is 33.2 Å². The molecule has 1 aliphatic heterocycles. The summed E-state index contributed by atoms with van der Waals surface area (Å²) in [5, 5.41) is 0. The summed E-state index contributed by atoms with van der Waals surface area (Å²) in [5.41, 5.74) is 0.801. The van der Waals surface area contributed by atoms with Crippen molar-refractivity contribution in [2.24, 2.45) is 0 Å². The van der Waals surface area contributed by atoms with Crippen molar-refractivity contribution < 1.29 is 14.4 Å². The SMILES string of the molecule is COc1ccc(C(=O)CC[NH+]2CCCCCC2)cc1. The Hall–Kier alpha value is -1.35. The van der Waals surface area contributed by atoms with Gasteiger partial charge in [-0.3, -0.25) is 4.79 Å². The molecular formula is C16H24NO2+. The number of benzene rings is 1. The molecule has 2 rings (SSSR count). The molecule has 1 aromatic rings. The van der Waals surface area contributed by atoms with E-state index in [1.165, 1.54) is 38.8 Å². The topological polar surface area (TPSA) is 30.7 Å². The van der Waals surface area contributed by atoms with Gasteiger partial charge in [0.1, 0.15) is 5.75 Å². The number of Topliss-reactive ketones (excluding diaryl/α,β-unsaturated/α-hetero) is 1. The Morgan fingerprint density at radius 2 is 1.74 bits per heavy atom. The van der Waals surface area contributed by atoms with Crippen LogP contribution >= 0.6 is 0 Å². The third-order valence-corrected chi connectivity index (χ3v) is 3.93. The molecule has 104 valence electrons. The van der Waals surface area contributed by atoms with Crippen molar-refractivity contribution in [2.75, 3.05) is 26.7 Å². The Bertz CT molecular complexity index is 392. The highest BCUT2D eigenvalue weighted by Crippen LogP contribution is 2.12. The molecular weight excluding hydrogens is 238 g/mol. The highest BCUT2D eigenvalue weighted by Gasteiger charge is 2.14. The molecule has 0 radical (unpaired) electrons. The highest BCUT2D eigenvalue weighted by atomic mass is 16.5. The second-order valence-electron chi connectivity index (χ2n) is 5.32. The van der Waals surface area contributed by atoms with E-state index in [0.717, 1.165) is 17.9 Å². The predicted molar refractivity (Wildman–Crippen MR) is 76.0 cm³/mol. The van der Waals surface area contributed by atoms with E-state index in [0.29, 0.717) is 6.42 Å². The van der Waals surface area contributed by atoms with E-state index < -0.39 is 0 Å². The maximum atomic E-state index is 12.1. The number of rotatable bonds is 5. The Kier molecular flexibility index (Phi) is 5.40. The fraction of sp³-hybridized carbons (Fsp3) is 0.562. The van der Waals surface area contributed by atoms with Crippen molar-refractivity contribution in [3.05, 3.63) is 29.8 Å². The number of ether oxygens (including phenoxy) is 1. The lowest BCUT2D eigenvalue weighted by Gasteiger charge is -2.16. The van der Waals surface area contributed by atoms with Crippen LogP contribution in [-0.4, -0.2) is 32.5 Å². The van der Waals surface area contributed by atoms with E-state index in [4.69, 9.17) is 4.74 Å². The fourth-order valence-electron chi connectivity index (χ4n) is 2.69. The average molecular weight is 262 g/mol. The van der Waals surface area contributed by atoms with Crippen LogP contribution in [0.5, 0.6) is 5.75 Å². The van der Waals surface area contributed by atoms with Crippen molar-refractivity contribution in [2.45, 2.75) is 32.1 Å². The first-order chi connectivity index (χ1) is 9.29. The van der Waals surface area contributed by atoms with Crippen molar-refractivity contribution >= 4 is 5.78 Å². The van der Waals surface area contributed by atoms with Crippen molar-refractivity contribution in [1.82, 2.24) is 0 Å². The monoisotopic (exact) mass is 262 g/mol. The minimum absolute atomic E-state index is 0.249. The fourth-order valence-corrected chi connectivity index (χ4v) is 2.69. The van der Waals surface area contributed by atoms with Gasteiger partial charge in [-0.2, -0.15) is 0 Å². The first kappa shape index (κ1) is 14.1. The van der Waals surface area contributed by atoms with Crippen molar-refractivity contribution in [3.63, 3.8) is 0 Å². The molecule has 1 N–H and O–H groups in total. The van der Waals surface area contributed by atoms with Crippen molar-refractivity contribution in [3.8, 4) is 5.75 Å². The highest BCUT2D eigenvalue weighted by molar-refractivity contribution is 5.96.